The standard InChI is InChI=1S/C10H10F3NO2/c1-5(14)6-2-8-9(16-4-15-8)3-7(6)10(11,12)13/h2-3,5H,4,14H2,1H3. The second-order valence-corrected chi connectivity index (χ2v) is 3.58. The molecule has 1 heterocycles. The molecule has 6 heteroatoms. The van der Waals surface area contributed by atoms with Crippen molar-refractivity contribution in [3.8, 4) is 11.5 Å². The van der Waals surface area contributed by atoms with Crippen LogP contribution in [-0.4, -0.2) is 6.79 Å². The largest absolute Gasteiger partial charge is 0.454 e. The summed E-state index contributed by atoms with van der Waals surface area (Å²) in [7, 11) is 0. The molecular formula is C10H10F3NO2. The van der Waals surface area contributed by atoms with Gasteiger partial charge in [0.15, 0.2) is 11.5 Å². The molecule has 3 nitrogen and oxygen atoms in total. The van der Waals surface area contributed by atoms with Crippen molar-refractivity contribution in [3.63, 3.8) is 0 Å². The minimum absolute atomic E-state index is 0.0109. The van der Waals surface area contributed by atoms with E-state index in [0.29, 0.717) is 5.75 Å². The van der Waals surface area contributed by atoms with Gasteiger partial charge in [0.05, 0.1) is 5.56 Å². The summed E-state index contributed by atoms with van der Waals surface area (Å²) < 4.78 is 48.1. The van der Waals surface area contributed by atoms with Crippen LogP contribution in [0.15, 0.2) is 12.1 Å². The van der Waals surface area contributed by atoms with Crippen LogP contribution in [0, 0.1) is 0 Å². The number of nitrogens with two attached hydrogens (primary N) is 1. The molecule has 0 amide bonds. The maximum Gasteiger partial charge on any atom is 0.416 e. The molecule has 0 saturated carbocycles. The summed E-state index contributed by atoms with van der Waals surface area (Å²) in [5, 5.41) is 0. The van der Waals surface area contributed by atoms with Gasteiger partial charge >= 0.3 is 6.18 Å². The molecule has 0 fully saturated rings. The third-order valence-corrected chi connectivity index (χ3v) is 2.34. The quantitative estimate of drug-likeness (QED) is 0.810. The highest BCUT2D eigenvalue weighted by Gasteiger charge is 2.36. The zero-order valence-electron chi connectivity index (χ0n) is 8.47. The topological polar surface area (TPSA) is 44.5 Å². The molecule has 0 aliphatic carbocycles. The summed E-state index contributed by atoms with van der Waals surface area (Å²) in [5.74, 6) is 0.414. The number of halogens is 3. The number of hydrogen-bond donors (Lipinski definition) is 1. The van der Waals surface area contributed by atoms with Gasteiger partial charge in [-0.1, -0.05) is 0 Å². The van der Waals surface area contributed by atoms with Crippen LogP contribution < -0.4 is 15.2 Å². The average molecular weight is 233 g/mol. The highest BCUT2D eigenvalue weighted by atomic mass is 19.4. The SMILES string of the molecule is CC(N)c1cc2c(cc1C(F)(F)F)OCO2. The first-order chi connectivity index (χ1) is 7.39. The van der Waals surface area contributed by atoms with Gasteiger partial charge in [0.2, 0.25) is 6.79 Å². The lowest BCUT2D eigenvalue weighted by molar-refractivity contribution is -0.138. The van der Waals surface area contributed by atoms with E-state index in [1.54, 1.807) is 0 Å². The Morgan fingerprint density at radius 1 is 1.25 bits per heavy atom. The molecular weight excluding hydrogens is 223 g/mol. The van der Waals surface area contributed by atoms with E-state index in [1.165, 1.54) is 13.0 Å². The molecule has 0 radical (unpaired) electrons. The van der Waals surface area contributed by atoms with E-state index < -0.39 is 17.8 Å². The summed E-state index contributed by atoms with van der Waals surface area (Å²) in [6.45, 7) is 1.43. The van der Waals surface area contributed by atoms with E-state index in [4.69, 9.17) is 15.2 Å². The van der Waals surface area contributed by atoms with Crippen molar-refractivity contribution >= 4 is 0 Å². The summed E-state index contributed by atoms with van der Waals surface area (Å²) in [5.41, 5.74) is 4.75. The van der Waals surface area contributed by atoms with Crippen LogP contribution >= 0.6 is 0 Å². The highest BCUT2D eigenvalue weighted by Crippen LogP contribution is 2.42. The molecule has 16 heavy (non-hydrogen) atoms. The van der Waals surface area contributed by atoms with Crippen LogP contribution in [0.2, 0.25) is 0 Å². The highest BCUT2D eigenvalue weighted by molar-refractivity contribution is 5.50. The number of alkyl halides is 3. The zero-order valence-corrected chi connectivity index (χ0v) is 8.47. The summed E-state index contributed by atoms with van der Waals surface area (Å²) in [6.07, 6.45) is -4.44. The minimum atomic E-state index is -4.44. The molecule has 1 unspecified atom stereocenters. The van der Waals surface area contributed by atoms with Gasteiger partial charge in [0.1, 0.15) is 0 Å². The number of rotatable bonds is 1. The molecule has 1 atom stereocenters. The maximum atomic E-state index is 12.7. The Bertz CT molecular complexity index is 415. The van der Waals surface area contributed by atoms with Crippen LogP contribution in [0.1, 0.15) is 24.1 Å². The normalized spacial score (nSPS) is 16.3. The molecule has 0 saturated heterocycles. The van der Waals surface area contributed by atoms with Crippen molar-refractivity contribution in [2.45, 2.75) is 19.1 Å². The average Bonchev–Trinajstić information content (AvgIpc) is 2.60. The Kier molecular flexibility index (Phi) is 2.46. The number of hydrogen-bond acceptors (Lipinski definition) is 3. The Hall–Kier alpha value is -1.43. The smallest absolute Gasteiger partial charge is 0.416 e. The van der Waals surface area contributed by atoms with Crippen molar-refractivity contribution in [2.75, 3.05) is 6.79 Å². The van der Waals surface area contributed by atoms with Gasteiger partial charge in [-0.25, -0.2) is 0 Å². The fourth-order valence-corrected chi connectivity index (χ4v) is 1.58. The van der Waals surface area contributed by atoms with Gasteiger partial charge in [-0.2, -0.15) is 13.2 Å². The molecule has 88 valence electrons. The van der Waals surface area contributed by atoms with Crippen LogP contribution in [0.3, 0.4) is 0 Å². The second-order valence-electron chi connectivity index (χ2n) is 3.58. The number of ether oxygens (including phenoxy) is 2. The molecule has 1 aliphatic rings. The van der Waals surface area contributed by atoms with Crippen molar-refractivity contribution in [1.82, 2.24) is 0 Å². The fourth-order valence-electron chi connectivity index (χ4n) is 1.58. The third-order valence-electron chi connectivity index (χ3n) is 2.34. The van der Waals surface area contributed by atoms with E-state index >= 15 is 0 Å². The van der Waals surface area contributed by atoms with Gasteiger partial charge < -0.3 is 15.2 Å². The number of fused-ring (bicyclic) bond motifs is 1. The summed E-state index contributed by atoms with van der Waals surface area (Å²) in [6, 6.07) is 1.50. The van der Waals surface area contributed by atoms with Crippen molar-refractivity contribution in [1.29, 1.82) is 0 Å². The van der Waals surface area contributed by atoms with Crippen LogP contribution in [0.4, 0.5) is 13.2 Å². The zero-order chi connectivity index (χ0) is 11.9. The molecule has 2 rings (SSSR count). The van der Waals surface area contributed by atoms with E-state index in [9.17, 15) is 13.2 Å². The third kappa shape index (κ3) is 1.80. The molecule has 0 spiro atoms. The maximum absolute atomic E-state index is 12.7. The summed E-state index contributed by atoms with van der Waals surface area (Å²) >= 11 is 0. The molecule has 1 aliphatic heterocycles. The monoisotopic (exact) mass is 233 g/mol. The lowest BCUT2D eigenvalue weighted by Gasteiger charge is -2.16. The van der Waals surface area contributed by atoms with Crippen molar-refractivity contribution in [3.05, 3.63) is 23.3 Å². The van der Waals surface area contributed by atoms with Gasteiger partial charge in [0, 0.05) is 6.04 Å². The lowest BCUT2D eigenvalue weighted by atomic mass is 10.0. The van der Waals surface area contributed by atoms with Gasteiger partial charge in [-0.15, -0.1) is 0 Å². The van der Waals surface area contributed by atoms with Crippen molar-refractivity contribution < 1.29 is 22.6 Å². The molecule has 0 bridgehead atoms. The molecule has 0 aromatic heterocycles. The van der Waals surface area contributed by atoms with E-state index in [0.717, 1.165) is 6.07 Å². The van der Waals surface area contributed by atoms with Gasteiger partial charge in [-0.05, 0) is 24.6 Å². The molecule has 1 aromatic carbocycles. The van der Waals surface area contributed by atoms with E-state index in [2.05, 4.69) is 0 Å². The second kappa shape index (κ2) is 3.55. The number of benzene rings is 1. The minimum Gasteiger partial charge on any atom is -0.454 e. The van der Waals surface area contributed by atoms with Crippen LogP contribution in [0.5, 0.6) is 11.5 Å². The van der Waals surface area contributed by atoms with Crippen LogP contribution in [0.25, 0.3) is 0 Å². The first-order valence-electron chi connectivity index (χ1n) is 4.66. The summed E-state index contributed by atoms with van der Waals surface area (Å²) in [4.78, 5) is 0. The van der Waals surface area contributed by atoms with E-state index in [-0.39, 0.29) is 18.1 Å². The first kappa shape index (κ1) is 11.1. The lowest BCUT2D eigenvalue weighted by Crippen LogP contribution is -2.15. The Morgan fingerprint density at radius 3 is 2.31 bits per heavy atom. The fraction of sp³-hybridized carbons (Fsp3) is 0.400. The Balaban J connectivity index is 2.58. The van der Waals surface area contributed by atoms with Gasteiger partial charge in [0.25, 0.3) is 0 Å². The van der Waals surface area contributed by atoms with Crippen LogP contribution in [-0.2, 0) is 6.18 Å². The van der Waals surface area contributed by atoms with E-state index in [1.807, 2.05) is 0 Å². The van der Waals surface area contributed by atoms with Crippen molar-refractivity contribution in [2.24, 2.45) is 5.73 Å². The predicted molar refractivity (Wildman–Crippen MR) is 50.2 cm³/mol. The Morgan fingerprint density at radius 2 is 1.81 bits per heavy atom. The Labute approximate surface area is 89.9 Å². The van der Waals surface area contributed by atoms with Gasteiger partial charge in [-0.3, -0.25) is 0 Å². The first-order valence-corrected chi connectivity index (χ1v) is 4.66. The molecule has 1 aromatic rings. The predicted octanol–water partition coefficient (Wildman–Crippen LogP) is 2.45. The molecule has 2 N–H and O–H groups in total.